The van der Waals surface area contributed by atoms with Gasteiger partial charge in [0.2, 0.25) is 11.8 Å². The van der Waals surface area contributed by atoms with Crippen molar-refractivity contribution in [2.45, 2.75) is 19.9 Å². The number of carbonyl (C=O) groups is 1. The molecule has 1 saturated heterocycles. The van der Waals surface area contributed by atoms with Crippen molar-refractivity contribution in [2.75, 3.05) is 49.8 Å². The third-order valence-corrected chi connectivity index (χ3v) is 6.40. The van der Waals surface area contributed by atoms with Crippen LogP contribution in [0, 0.1) is 0 Å². The largest absolute Gasteiger partial charge is 0.481 e. The highest BCUT2D eigenvalue weighted by Gasteiger charge is 2.24. The van der Waals surface area contributed by atoms with Gasteiger partial charge in [0.1, 0.15) is 5.82 Å². The smallest absolute Gasteiger partial charge is 0.359 e. The average Bonchev–Trinajstić information content (AvgIpc) is 3.31. The predicted molar refractivity (Wildman–Crippen MR) is 142 cm³/mol. The molecule has 0 amide bonds. The van der Waals surface area contributed by atoms with Gasteiger partial charge in [-0.1, -0.05) is 6.92 Å². The number of anilines is 2. The number of carbonyl (C=O) groups excluding carboxylic acids is 1. The molecule has 2 N–H and O–H groups in total. The standard InChI is InChI=1S/C25H30N10O4/c1-4-7-35(25-28-13-17(14-29-25)24(36)39-26)15-18-30-20-22(33(18)2)31-21(16-5-6-19(37-3)27-12-16)32-23(20)34-8-10-38-11-9-34/h5-6,12-14H,4,7-11,15,26H2,1-3H3. The summed E-state index contributed by atoms with van der Waals surface area (Å²) < 4.78 is 12.7. The molecular formula is C25H30N10O4. The summed E-state index contributed by atoms with van der Waals surface area (Å²) in [5, 5.41) is 0. The molecule has 0 bridgehead atoms. The number of hydrogen-bond donors (Lipinski definition) is 1. The van der Waals surface area contributed by atoms with Crippen LogP contribution in [0.1, 0.15) is 29.5 Å². The molecule has 0 saturated carbocycles. The molecule has 0 aromatic carbocycles. The molecule has 1 aliphatic heterocycles. The van der Waals surface area contributed by atoms with E-state index in [2.05, 4.69) is 31.6 Å². The van der Waals surface area contributed by atoms with Crippen LogP contribution in [0.3, 0.4) is 0 Å². The molecule has 14 nitrogen and oxygen atoms in total. The summed E-state index contributed by atoms with van der Waals surface area (Å²) in [5.41, 5.74) is 2.35. The Morgan fingerprint density at radius 1 is 1.10 bits per heavy atom. The molecule has 4 aromatic rings. The van der Waals surface area contributed by atoms with Crippen LogP contribution < -0.4 is 20.4 Å². The number of nitrogens with zero attached hydrogens (tertiary/aromatic N) is 9. The minimum atomic E-state index is -0.698. The SMILES string of the molecule is CCCN(Cc1nc2c(N3CCOCC3)nc(-c3ccc(OC)nc3)nc2n1C)c1ncc(C(=O)ON)cn1. The number of ether oxygens (including phenoxy) is 2. The number of rotatable bonds is 9. The van der Waals surface area contributed by atoms with Gasteiger partial charge in [-0.25, -0.2) is 34.7 Å². The van der Waals surface area contributed by atoms with E-state index in [0.717, 1.165) is 23.6 Å². The van der Waals surface area contributed by atoms with Gasteiger partial charge in [-0.2, -0.15) is 5.90 Å². The van der Waals surface area contributed by atoms with Crippen molar-refractivity contribution in [1.29, 1.82) is 0 Å². The number of pyridine rings is 1. The van der Waals surface area contributed by atoms with E-state index in [0.29, 0.717) is 68.2 Å². The minimum absolute atomic E-state index is 0.173. The Bertz CT molecular complexity index is 1440. The van der Waals surface area contributed by atoms with Crippen LogP contribution >= 0.6 is 0 Å². The zero-order valence-electron chi connectivity index (χ0n) is 22.1. The van der Waals surface area contributed by atoms with E-state index in [-0.39, 0.29) is 5.56 Å². The summed E-state index contributed by atoms with van der Waals surface area (Å²) in [6.45, 7) is 5.79. The van der Waals surface area contributed by atoms with Gasteiger partial charge < -0.3 is 28.7 Å². The Hall–Kier alpha value is -4.43. The lowest BCUT2D eigenvalue weighted by Gasteiger charge is -2.28. The molecule has 204 valence electrons. The van der Waals surface area contributed by atoms with Gasteiger partial charge in [-0.15, -0.1) is 0 Å². The predicted octanol–water partition coefficient (Wildman–Crippen LogP) is 1.51. The van der Waals surface area contributed by atoms with Crippen LogP contribution in [0.2, 0.25) is 0 Å². The molecule has 0 radical (unpaired) electrons. The molecule has 1 aliphatic rings. The first-order valence-corrected chi connectivity index (χ1v) is 12.6. The first-order chi connectivity index (χ1) is 19.0. The van der Waals surface area contributed by atoms with E-state index >= 15 is 0 Å². The van der Waals surface area contributed by atoms with Crippen molar-refractivity contribution in [1.82, 2.24) is 34.5 Å². The number of fused-ring (bicyclic) bond motifs is 1. The fourth-order valence-electron chi connectivity index (χ4n) is 4.34. The van der Waals surface area contributed by atoms with Crippen molar-refractivity contribution < 1.29 is 19.1 Å². The van der Waals surface area contributed by atoms with Gasteiger partial charge in [-0.05, 0) is 12.5 Å². The maximum absolute atomic E-state index is 11.7. The summed E-state index contributed by atoms with van der Waals surface area (Å²) in [4.78, 5) is 48.0. The number of nitrogens with two attached hydrogens (primary N) is 1. The zero-order chi connectivity index (χ0) is 27.4. The summed E-state index contributed by atoms with van der Waals surface area (Å²) >= 11 is 0. The monoisotopic (exact) mass is 534 g/mol. The summed E-state index contributed by atoms with van der Waals surface area (Å²) in [6.07, 6.45) is 5.34. The highest BCUT2D eigenvalue weighted by atomic mass is 16.7. The average molecular weight is 535 g/mol. The van der Waals surface area contributed by atoms with Crippen LogP contribution in [0.25, 0.3) is 22.6 Å². The number of methoxy groups -OCH3 is 1. The molecular weight excluding hydrogens is 504 g/mol. The van der Waals surface area contributed by atoms with Gasteiger partial charge in [-0.3, -0.25) is 0 Å². The molecule has 0 unspecified atom stereocenters. The third-order valence-electron chi connectivity index (χ3n) is 6.40. The lowest BCUT2D eigenvalue weighted by molar-refractivity contribution is 0.0502. The van der Waals surface area contributed by atoms with Gasteiger partial charge in [0.25, 0.3) is 0 Å². The molecule has 5 rings (SSSR count). The topological polar surface area (TPSA) is 160 Å². The second-order valence-corrected chi connectivity index (χ2v) is 8.92. The second kappa shape index (κ2) is 11.5. The van der Waals surface area contributed by atoms with Crippen LogP contribution in [0.5, 0.6) is 5.88 Å². The zero-order valence-corrected chi connectivity index (χ0v) is 22.1. The van der Waals surface area contributed by atoms with Crippen molar-refractivity contribution >= 4 is 28.9 Å². The van der Waals surface area contributed by atoms with E-state index in [9.17, 15) is 4.79 Å². The second-order valence-electron chi connectivity index (χ2n) is 8.92. The fourth-order valence-corrected chi connectivity index (χ4v) is 4.34. The van der Waals surface area contributed by atoms with Crippen LogP contribution in [-0.2, 0) is 23.2 Å². The number of imidazole rings is 1. The van der Waals surface area contributed by atoms with Crippen molar-refractivity contribution in [2.24, 2.45) is 12.9 Å². The van der Waals surface area contributed by atoms with E-state index < -0.39 is 5.97 Å². The Kier molecular flexibility index (Phi) is 7.74. The number of aromatic nitrogens is 7. The lowest BCUT2D eigenvalue weighted by atomic mass is 10.2. The molecule has 0 spiro atoms. The Morgan fingerprint density at radius 3 is 2.51 bits per heavy atom. The van der Waals surface area contributed by atoms with E-state index in [1.165, 1.54) is 12.4 Å². The quantitative estimate of drug-likeness (QED) is 0.308. The Balaban J connectivity index is 1.54. The van der Waals surface area contributed by atoms with E-state index in [1.54, 1.807) is 19.4 Å². The van der Waals surface area contributed by atoms with Gasteiger partial charge in [0, 0.05) is 56.9 Å². The first kappa shape index (κ1) is 26.2. The molecule has 5 heterocycles. The van der Waals surface area contributed by atoms with Crippen LogP contribution in [0.4, 0.5) is 11.8 Å². The highest BCUT2D eigenvalue weighted by molar-refractivity contribution is 5.88. The molecule has 14 heteroatoms. The van der Waals surface area contributed by atoms with Crippen LogP contribution in [-0.4, -0.2) is 80.4 Å². The lowest BCUT2D eigenvalue weighted by Crippen LogP contribution is -2.37. The van der Waals surface area contributed by atoms with Gasteiger partial charge in [0.05, 0.1) is 32.4 Å². The Labute approximate surface area is 224 Å². The summed E-state index contributed by atoms with van der Waals surface area (Å²) in [6, 6.07) is 3.67. The number of aryl methyl sites for hydroxylation is 1. The normalized spacial score (nSPS) is 13.5. The third kappa shape index (κ3) is 5.42. The highest BCUT2D eigenvalue weighted by Crippen LogP contribution is 2.29. The van der Waals surface area contributed by atoms with Gasteiger partial charge >= 0.3 is 5.97 Å². The van der Waals surface area contributed by atoms with Crippen molar-refractivity contribution in [3.63, 3.8) is 0 Å². The first-order valence-electron chi connectivity index (χ1n) is 12.6. The summed E-state index contributed by atoms with van der Waals surface area (Å²) in [7, 11) is 3.51. The van der Waals surface area contributed by atoms with Crippen molar-refractivity contribution in [3.8, 4) is 17.3 Å². The Morgan fingerprint density at radius 2 is 1.87 bits per heavy atom. The molecule has 0 atom stereocenters. The molecule has 4 aromatic heterocycles. The molecule has 39 heavy (non-hydrogen) atoms. The fraction of sp³-hybridized carbons (Fsp3) is 0.400. The number of morpholine rings is 1. The summed E-state index contributed by atoms with van der Waals surface area (Å²) in [5.74, 6) is 7.31. The minimum Gasteiger partial charge on any atom is -0.481 e. The number of hydrogen-bond acceptors (Lipinski definition) is 13. The molecule has 1 fully saturated rings. The van der Waals surface area contributed by atoms with Crippen LogP contribution in [0.15, 0.2) is 30.7 Å². The van der Waals surface area contributed by atoms with E-state index in [4.69, 9.17) is 30.3 Å². The van der Waals surface area contributed by atoms with Crippen molar-refractivity contribution in [3.05, 3.63) is 42.1 Å². The molecule has 0 aliphatic carbocycles. The van der Waals surface area contributed by atoms with Gasteiger partial charge in [0.15, 0.2) is 22.8 Å². The maximum atomic E-state index is 11.7. The maximum Gasteiger partial charge on any atom is 0.359 e. The van der Waals surface area contributed by atoms with E-state index in [1.807, 2.05) is 22.6 Å².